The Kier molecular flexibility index (Phi) is 4.57. The Labute approximate surface area is 168 Å². The number of anilines is 1. The summed E-state index contributed by atoms with van der Waals surface area (Å²) in [5.41, 5.74) is 4.87. The third-order valence-corrected chi connectivity index (χ3v) is 5.30. The summed E-state index contributed by atoms with van der Waals surface area (Å²) in [4.78, 5) is 19.2. The van der Waals surface area contributed by atoms with Crippen molar-refractivity contribution in [1.29, 1.82) is 0 Å². The van der Waals surface area contributed by atoms with E-state index in [0.717, 1.165) is 71.2 Å². The van der Waals surface area contributed by atoms with Gasteiger partial charge in [-0.1, -0.05) is 18.2 Å². The first kappa shape index (κ1) is 17.6. The van der Waals surface area contributed by atoms with Crippen LogP contribution in [0.2, 0.25) is 0 Å². The highest BCUT2D eigenvalue weighted by Gasteiger charge is 2.15. The second kappa shape index (κ2) is 7.52. The van der Waals surface area contributed by atoms with E-state index in [0.29, 0.717) is 0 Å². The van der Waals surface area contributed by atoms with E-state index in [4.69, 9.17) is 4.74 Å². The van der Waals surface area contributed by atoms with Crippen LogP contribution in [0.3, 0.4) is 0 Å². The van der Waals surface area contributed by atoms with E-state index >= 15 is 0 Å². The number of H-pyrrole nitrogens is 1. The lowest BCUT2D eigenvalue weighted by atomic mass is 10.0. The van der Waals surface area contributed by atoms with Gasteiger partial charge in [-0.25, -0.2) is 15.0 Å². The van der Waals surface area contributed by atoms with Crippen LogP contribution in [0.4, 0.5) is 5.95 Å². The molecule has 2 N–H and O–H groups in total. The van der Waals surface area contributed by atoms with E-state index in [1.807, 2.05) is 43.0 Å². The molecule has 0 radical (unpaired) electrons. The molecule has 0 unspecified atom stereocenters. The van der Waals surface area contributed by atoms with Gasteiger partial charge in [0.05, 0.1) is 7.11 Å². The van der Waals surface area contributed by atoms with E-state index in [1.54, 1.807) is 7.11 Å². The maximum atomic E-state index is 5.54. The highest BCUT2D eigenvalue weighted by Crippen LogP contribution is 2.35. The number of fused-ring (bicyclic) bond motifs is 1. The molecular weight excluding hydrogens is 364 g/mol. The molecule has 0 saturated carbocycles. The lowest BCUT2D eigenvalue weighted by Gasteiger charge is -2.27. The van der Waals surface area contributed by atoms with Crippen molar-refractivity contribution >= 4 is 17.0 Å². The number of ether oxygens (including phenoxy) is 1. The van der Waals surface area contributed by atoms with Crippen molar-refractivity contribution in [2.45, 2.75) is 0 Å². The normalized spacial score (nSPS) is 14.3. The van der Waals surface area contributed by atoms with E-state index < -0.39 is 0 Å². The van der Waals surface area contributed by atoms with Crippen LogP contribution in [0, 0.1) is 0 Å². The zero-order chi connectivity index (χ0) is 19.6. The van der Waals surface area contributed by atoms with Gasteiger partial charge >= 0.3 is 0 Å². The molecule has 7 heteroatoms. The minimum Gasteiger partial charge on any atom is -0.496 e. The van der Waals surface area contributed by atoms with Gasteiger partial charge in [-0.3, -0.25) is 0 Å². The summed E-state index contributed by atoms with van der Waals surface area (Å²) in [5.74, 6) is 1.61. The molecule has 1 saturated heterocycles. The number of rotatable bonds is 4. The molecule has 5 rings (SSSR count). The first-order chi connectivity index (χ1) is 14.3. The summed E-state index contributed by atoms with van der Waals surface area (Å²) in [5, 5.41) is 4.39. The van der Waals surface area contributed by atoms with Crippen LogP contribution in [0.25, 0.3) is 33.3 Å². The van der Waals surface area contributed by atoms with Crippen molar-refractivity contribution in [3.63, 3.8) is 0 Å². The first-order valence-electron chi connectivity index (χ1n) is 9.72. The molecule has 0 spiro atoms. The molecule has 1 fully saturated rings. The molecule has 146 valence electrons. The lowest BCUT2D eigenvalue weighted by Crippen LogP contribution is -2.44. The van der Waals surface area contributed by atoms with Gasteiger partial charge in [0.25, 0.3) is 0 Å². The Morgan fingerprint density at radius 3 is 2.48 bits per heavy atom. The van der Waals surface area contributed by atoms with Crippen LogP contribution in [-0.4, -0.2) is 53.2 Å². The summed E-state index contributed by atoms with van der Waals surface area (Å²) >= 11 is 0. The zero-order valence-corrected chi connectivity index (χ0v) is 16.2. The molecule has 0 atom stereocenters. The summed E-state index contributed by atoms with van der Waals surface area (Å²) in [7, 11) is 1.69. The molecule has 1 aliphatic rings. The van der Waals surface area contributed by atoms with E-state index in [2.05, 4.69) is 42.3 Å². The number of aromatic nitrogens is 4. The average molecular weight is 386 g/mol. The molecule has 1 aliphatic heterocycles. The van der Waals surface area contributed by atoms with Crippen molar-refractivity contribution in [1.82, 2.24) is 25.3 Å². The van der Waals surface area contributed by atoms with Crippen molar-refractivity contribution in [3.05, 3.63) is 55.1 Å². The van der Waals surface area contributed by atoms with Crippen LogP contribution in [0.1, 0.15) is 0 Å². The van der Waals surface area contributed by atoms with Crippen LogP contribution in [0.5, 0.6) is 5.75 Å². The van der Waals surface area contributed by atoms with Gasteiger partial charge in [0.2, 0.25) is 5.95 Å². The summed E-state index contributed by atoms with van der Waals surface area (Å²) in [6, 6.07) is 10.1. The fourth-order valence-corrected chi connectivity index (χ4v) is 3.75. The Balaban J connectivity index is 1.51. The monoisotopic (exact) mass is 386 g/mol. The molecule has 0 bridgehead atoms. The number of hydrogen-bond acceptors (Lipinski definition) is 6. The topological polar surface area (TPSA) is 79.0 Å². The Bertz CT molecular complexity index is 1130. The van der Waals surface area contributed by atoms with Gasteiger partial charge in [0.15, 0.2) is 0 Å². The van der Waals surface area contributed by atoms with Crippen molar-refractivity contribution in [3.8, 4) is 28.0 Å². The van der Waals surface area contributed by atoms with Gasteiger partial charge in [-0.15, -0.1) is 0 Å². The van der Waals surface area contributed by atoms with Crippen LogP contribution < -0.4 is 15.0 Å². The molecule has 0 aliphatic carbocycles. The van der Waals surface area contributed by atoms with Gasteiger partial charge in [0.1, 0.15) is 11.4 Å². The molecule has 29 heavy (non-hydrogen) atoms. The SMILES string of the molecule is COc1ccccc1-c1c[nH]c2ncc(-c3cnc(N4CCNCC4)nc3)cc12. The molecule has 1 aromatic carbocycles. The van der Waals surface area contributed by atoms with Crippen molar-refractivity contribution in [2.24, 2.45) is 0 Å². The van der Waals surface area contributed by atoms with E-state index in [9.17, 15) is 0 Å². The standard InChI is InChI=1S/C22H22N6O/c1-29-20-5-3-2-4-17(20)19-14-25-21-18(19)10-15(11-24-21)16-12-26-22(27-13-16)28-8-6-23-7-9-28/h2-5,10-14,23H,6-9H2,1H3,(H,24,25). The van der Waals surface area contributed by atoms with Gasteiger partial charge in [-0.05, 0) is 12.1 Å². The molecule has 4 heterocycles. The number of nitrogens with zero attached hydrogens (tertiary/aromatic N) is 4. The lowest BCUT2D eigenvalue weighted by molar-refractivity contribution is 0.416. The molecule has 0 amide bonds. The second-order valence-electron chi connectivity index (χ2n) is 7.03. The Hall–Kier alpha value is -3.45. The quantitative estimate of drug-likeness (QED) is 0.561. The van der Waals surface area contributed by atoms with E-state index in [-0.39, 0.29) is 0 Å². The smallest absolute Gasteiger partial charge is 0.225 e. The van der Waals surface area contributed by atoms with Gasteiger partial charge in [0, 0.05) is 78.6 Å². The third-order valence-electron chi connectivity index (χ3n) is 5.30. The highest BCUT2D eigenvalue weighted by atomic mass is 16.5. The Morgan fingerprint density at radius 1 is 0.931 bits per heavy atom. The molecule has 7 nitrogen and oxygen atoms in total. The predicted octanol–water partition coefficient (Wildman–Crippen LogP) is 3.11. The highest BCUT2D eigenvalue weighted by molar-refractivity contribution is 5.97. The number of benzene rings is 1. The fraction of sp³-hybridized carbons (Fsp3) is 0.227. The minimum atomic E-state index is 0.778. The maximum absolute atomic E-state index is 5.54. The zero-order valence-electron chi connectivity index (χ0n) is 16.2. The van der Waals surface area contributed by atoms with Crippen LogP contribution in [0.15, 0.2) is 55.1 Å². The number of piperazine rings is 1. The molecular formula is C22H22N6O. The third kappa shape index (κ3) is 3.30. The second-order valence-corrected chi connectivity index (χ2v) is 7.03. The predicted molar refractivity (Wildman–Crippen MR) is 114 cm³/mol. The number of hydrogen-bond donors (Lipinski definition) is 2. The van der Waals surface area contributed by atoms with Crippen LogP contribution >= 0.6 is 0 Å². The minimum absolute atomic E-state index is 0.778. The number of aromatic amines is 1. The van der Waals surface area contributed by atoms with Crippen LogP contribution in [-0.2, 0) is 0 Å². The number of nitrogens with one attached hydrogen (secondary N) is 2. The number of methoxy groups -OCH3 is 1. The van der Waals surface area contributed by atoms with Gasteiger partial charge in [-0.2, -0.15) is 0 Å². The summed E-state index contributed by atoms with van der Waals surface area (Å²) in [6.07, 6.45) is 7.59. The fourth-order valence-electron chi connectivity index (χ4n) is 3.75. The summed E-state index contributed by atoms with van der Waals surface area (Å²) < 4.78 is 5.54. The van der Waals surface area contributed by atoms with Crippen molar-refractivity contribution in [2.75, 3.05) is 38.2 Å². The first-order valence-corrected chi connectivity index (χ1v) is 9.72. The molecule has 4 aromatic rings. The summed E-state index contributed by atoms with van der Waals surface area (Å²) in [6.45, 7) is 3.78. The van der Waals surface area contributed by atoms with Gasteiger partial charge < -0.3 is 19.9 Å². The Morgan fingerprint density at radius 2 is 1.69 bits per heavy atom. The largest absolute Gasteiger partial charge is 0.496 e. The molecule has 3 aromatic heterocycles. The average Bonchev–Trinajstić information content (AvgIpc) is 3.23. The number of para-hydroxylation sites is 1. The van der Waals surface area contributed by atoms with Crippen molar-refractivity contribution < 1.29 is 4.74 Å². The number of pyridine rings is 1. The maximum Gasteiger partial charge on any atom is 0.225 e. The van der Waals surface area contributed by atoms with E-state index in [1.165, 1.54) is 0 Å².